The molecule has 2 N–H and O–H groups in total. The number of aryl methyl sites for hydroxylation is 2. The van der Waals surface area contributed by atoms with Crippen molar-refractivity contribution < 1.29 is 9.47 Å². The molecule has 2 aromatic carbocycles. The van der Waals surface area contributed by atoms with Crippen LogP contribution in [0.4, 0.5) is 5.69 Å². The van der Waals surface area contributed by atoms with Crippen LogP contribution in [-0.4, -0.2) is 20.9 Å². The first-order chi connectivity index (χ1) is 13.5. The number of aromatic nitrogens is 3. The standard InChI is InChI=1S/C20H18N4O4/c1-23-15-4-3-13(7-16(15)24(2)20(23)26)21-9-12-5-11-6-17-18(28-10-27-17)8-14(11)22-19(12)25/h3-8,21H,9-10H2,1-2H3,(H,22,25). The van der Waals surface area contributed by atoms with Crippen molar-refractivity contribution in [3.05, 3.63) is 62.8 Å². The average Bonchev–Trinajstić information content (AvgIpc) is 3.23. The Balaban J connectivity index is 1.47. The second-order valence-electron chi connectivity index (χ2n) is 6.87. The summed E-state index contributed by atoms with van der Waals surface area (Å²) in [5.74, 6) is 1.31. The lowest BCUT2D eigenvalue weighted by Crippen LogP contribution is -2.19. The third kappa shape index (κ3) is 2.45. The first-order valence-electron chi connectivity index (χ1n) is 8.86. The van der Waals surface area contributed by atoms with Gasteiger partial charge in [0.2, 0.25) is 6.79 Å². The smallest absolute Gasteiger partial charge is 0.328 e. The molecule has 1 aliphatic heterocycles. The number of nitrogens with zero attached hydrogens (tertiary/aromatic N) is 2. The van der Waals surface area contributed by atoms with Gasteiger partial charge < -0.3 is 19.8 Å². The normalized spacial score (nSPS) is 12.8. The average molecular weight is 378 g/mol. The summed E-state index contributed by atoms with van der Waals surface area (Å²) in [6, 6.07) is 11.2. The molecule has 0 atom stereocenters. The number of nitrogens with one attached hydrogen (secondary N) is 2. The zero-order valence-corrected chi connectivity index (χ0v) is 15.4. The van der Waals surface area contributed by atoms with E-state index in [1.54, 1.807) is 29.3 Å². The highest BCUT2D eigenvalue weighted by Gasteiger charge is 2.15. The molecular formula is C20H18N4O4. The van der Waals surface area contributed by atoms with Gasteiger partial charge in [0, 0.05) is 43.3 Å². The highest BCUT2D eigenvalue weighted by Crippen LogP contribution is 2.35. The van der Waals surface area contributed by atoms with E-state index in [0.29, 0.717) is 29.1 Å². The summed E-state index contributed by atoms with van der Waals surface area (Å²) in [5.41, 5.74) is 3.60. The number of hydrogen-bond donors (Lipinski definition) is 2. The Bertz CT molecular complexity index is 1360. The van der Waals surface area contributed by atoms with Crippen molar-refractivity contribution in [2.24, 2.45) is 14.1 Å². The fraction of sp³-hybridized carbons (Fsp3) is 0.200. The Hall–Kier alpha value is -3.68. The van der Waals surface area contributed by atoms with Crippen LogP contribution in [0.3, 0.4) is 0 Å². The fourth-order valence-electron chi connectivity index (χ4n) is 3.59. The molecule has 8 nitrogen and oxygen atoms in total. The summed E-state index contributed by atoms with van der Waals surface area (Å²) < 4.78 is 14.0. The maximum atomic E-state index is 12.5. The summed E-state index contributed by atoms with van der Waals surface area (Å²) in [6.45, 7) is 0.542. The minimum Gasteiger partial charge on any atom is -0.454 e. The van der Waals surface area contributed by atoms with E-state index in [-0.39, 0.29) is 18.0 Å². The topological polar surface area (TPSA) is 90.3 Å². The van der Waals surface area contributed by atoms with Gasteiger partial charge in [-0.05, 0) is 30.3 Å². The second kappa shape index (κ2) is 5.91. The largest absolute Gasteiger partial charge is 0.454 e. The summed E-state index contributed by atoms with van der Waals surface area (Å²) in [4.78, 5) is 27.4. The Morgan fingerprint density at radius 2 is 1.75 bits per heavy atom. The number of ether oxygens (including phenoxy) is 2. The van der Waals surface area contributed by atoms with Crippen LogP contribution in [0.5, 0.6) is 11.5 Å². The van der Waals surface area contributed by atoms with Crippen molar-refractivity contribution >= 4 is 27.6 Å². The molecule has 0 unspecified atom stereocenters. The SMILES string of the molecule is Cn1c(=O)n(C)c2cc(NCc3cc4cc5c(cc4[nH]c3=O)OCO5)ccc21. The fourth-order valence-corrected chi connectivity index (χ4v) is 3.59. The number of rotatable bonds is 3. The first kappa shape index (κ1) is 16.5. The highest BCUT2D eigenvalue weighted by atomic mass is 16.7. The number of H-pyrrole nitrogens is 1. The van der Waals surface area contributed by atoms with Gasteiger partial charge in [-0.3, -0.25) is 13.9 Å². The molecule has 28 heavy (non-hydrogen) atoms. The Labute approximate surface area is 158 Å². The van der Waals surface area contributed by atoms with Gasteiger partial charge >= 0.3 is 5.69 Å². The van der Waals surface area contributed by atoms with Crippen molar-refractivity contribution in [3.63, 3.8) is 0 Å². The molecule has 0 radical (unpaired) electrons. The third-order valence-corrected chi connectivity index (χ3v) is 5.17. The van der Waals surface area contributed by atoms with Crippen LogP contribution in [0, 0.1) is 0 Å². The molecule has 2 aromatic heterocycles. The summed E-state index contributed by atoms with van der Waals surface area (Å²) in [6.07, 6.45) is 0. The first-order valence-corrected chi connectivity index (χ1v) is 8.86. The molecular weight excluding hydrogens is 360 g/mol. The maximum Gasteiger partial charge on any atom is 0.328 e. The minimum absolute atomic E-state index is 0.0724. The van der Waals surface area contributed by atoms with Crippen LogP contribution < -0.4 is 26.0 Å². The number of hydrogen-bond acceptors (Lipinski definition) is 5. The summed E-state index contributed by atoms with van der Waals surface area (Å²) >= 11 is 0. The van der Waals surface area contributed by atoms with Gasteiger partial charge in [-0.2, -0.15) is 0 Å². The Morgan fingerprint density at radius 1 is 1.00 bits per heavy atom. The number of anilines is 1. The summed E-state index contributed by atoms with van der Waals surface area (Å²) in [7, 11) is 3.49. The molecule has 0 aliphatic carbocycles. The third-order valence-electron chi connectivity index (χ3n) is 5.17. The van der Waals surface area contributed by atoms with E-state index >= 15 is 0 Å². The molecule has 0 spiro atoms. The highest BCUT2D eigenvalue weighted by molar-refractivity contribution is 5.83. The van der Waals surface area contributed by atoms with Crippen LogP contribution in [0.15, 0.2) is 46.0 Å². The quantitative estimate of drug-likeness (QED) is 0.570. The van der Waals surface area contributed by atoms with E-state index < -0.39 is 0 Å². The van der Waals surface area contributed by atoms with Crippen LogP contribution in [-0.2, 0) is 20.6 Å². The lowest BCUT2D eigenvalue weighted by atomic mass is 10.1. The van der Waals surface area contributed by atoms with Crippen LogP contribution >= 0.6 is 0 Å². The second-order valence-corrected chi connectivity index (χ2v) is 6.87. The molecule has 5 rings (SSSR count). The van der Waals surface area contributed by atoms with Gasteiger partial charge in [0.25, 0.3) is 5.56 Å². The van der Waals surface area contributed by atoms with Crippen LogP contribution in [0.1, 0.15) is 5.56 Å². The molecule has 0 amide bonds. The van der Waals surface area contributed by atoms with Gasteiger partial charge in [-0.1, -0.05) is 0 Å². The van der Waals surface area contributed by atoms with Crippen LogP contribution in [0.25, 0.3) is 21.9 Å². The van der Waals surface area contributed by atoms with Gasteiger partial charge in [-0.15, -0.1) is 0 Å². The molecule has 4 aromatic rings. The zero-order valence-electron chi connectivity index (χ0n) is 15.4. The zero-order chi connectivity index (χ0) is 19.4. The molecule has 0 saturated carbocycles. The molecule has 0 fully saturated rings. The summed E-state index contributed by atoms with van der Waals surface area (Å²) in [5, 5.41) is 4.14. The lowest BCUT2D eigenvalue weighted by Gasteiger charge is -2.08. The van der Waals surface area contributed by atoms with E-state index in [9.17, 15) is 9.59 Å². The Kier molecular flexibility index (Phi) is 3.48. The minimum atomic E-state index is -0.160. The van der Waals surface area contributed by atoms with E-state index in [1.807, 2.05) is 30.3 Å². The molecule has 142 valence electrons. The monoisotopic (exact) mass is 378 g/mol. The molecule has 0 bridgehead atoms. The predicted octanol–water partition coefficient (Wildman–Crippen LogP) is 2.06. The van der Waals surface area contributed by atoms with Gasteiger partial charge in [0.05, 0.1) is 16.6 Å². The van der Waals surface area contributed by atoms with E-state index in [2.05, 4.69) is 10.3 Å². The van der Waals surface area contributed by atoms with Gasteiger partial charge in [-0.25, -0.2) is 4.79 Å². The number of pyridine rings is 1. The number of benzene rings is 2. The molecule has 1 aliphatic rings. The number of imidazole rings is 1. The van der Waals surface area contributed by atoms with Crippen molar-refractivity contribution in [1.29, 1.82) is 0 Å². The van der Waals surface area contributed by atoms with E-state index in [0.717, 1.165) is 22.1 Å². The lowest BCUT2D eigenvalue weighted by molar-refractivity contribution is 0.174. The van der Waals surface area contributed by atoms with Crippen molar-refractivity contribution in [1.82, 2.24) is 14.1 Å². The van der Waals surface area contributed by atoms with Crippen molar-refractivity contribution in [2.75, 3.05) is 12.1 Å². The van der Waals surface area contributed by atoms with Crippen molar-refractivity contribution in [2.45, 2.75) is 6.54 Å². The van der Waals surface area contributed by atoms with Gasteiger partial charge in [0.1, 0.15) is 0 Å². The number of fused-ring (bicyclic) bond motifs is 3. The predicted molar refractivity (Wildman–Crippen MR) is 106 cm³/mol. The Morgan fingerprint density at radius 3 is 2.57 bits per heavy atom. The molecule has 0 saturated heterocycles. The van der Waals surface area contributed by atoms with E-state index in [1.165, 1.54) is 0 Å². The molecule has 3 heterocycles. The maximum absolute atomic E-state index is 12.5. The molecule has 8 heteroatoms. The van der Waals surface area contributed by atoms with Crippen molar-refractivity contribution in [3.8, 4) is 11.5 Å². The van der Waals surface area contributed by atoms with E-state index in [4.69, 9.17) is 9.47 Å². The number of aromatic amines is 1. The van der Waals surface area contributed by atoms with Crippen LogP contribution in [0.2, 0.25) is 0 Å². The van der Waals surface area contributed by atoms with Gasteiger partial charge in [0.15, 0.2) is 11.5 Å².